The van der Waals surface area contributed by atoms with Gasteiger partial charge >= 0.3 is 5.97 Å². The molecule has 7 heteroatoms. The van der Waals surface area contributed by atoms with Crippen LogP contribution in [0.3, 0.4) is 0 Å². The average Bonchev–Trinajstić information content (AvgIpc) is 3.38. The quantitative estimate of drug-likeness (QED) is 0.555. The van der Waals surface area contributed by atoms with Gasteiger partial charge in [0.05, 0.1) is 23.0 Å². The van der Waals surface area contributed by atoms with Gasteiger partial charge in [-0.2, -0.15) is 0 Å². The average molecular weight is 415 g/mol. The molecule has 0 aliphatic rings. The van der Waals surface area contributed by atoms with Crippen LogP contribution in [0, 0.1) is 0 Å². The molecular formula is C21H22N2O3S2. The Morgan fingerprint density at radius 3 is 2.64 bits per heavy atom. The number of aryl methyl sites for hydroxylation is 1. The highest BCUT2D eigenvalue weighted by Crippen LogP contribution is 2.27. The summed E-state index contributed by atoms with van der Waals surface area (Å²) in [5.74, 6) is -0.781. The first-order valence-corrected chi connectivity index (χ1v) is 10.8. The Morgan fingerprint density at radius 2 is 1.96 bits per heavy atom. The molecule has 1 aromatic carbocycles. The summed E-state index contributed by atoms with van der Waals surface area (Å²) in [5, 5.41) is 7.57. The van der Waals surface area contributed by atoms with Gasteiger partial charge in [0, 0.05) is 5.38 Å². The highest BCUT2D eigenvalue weighted by Gasteiger charge is 2.14. The van der Waals surface area contributed by atoms with E-state index in [1.165, 1.54) is 16.9 Å². The molecule has 0 radical (unpaired) electrons. The van der Waals surface area contributed by atoms with Crippen molar-refractivity contribution in [2.45, 2.75) is 32.7 Å². The molecule has 146 valence electrons. The molecule has 0 aliphatic heterocycles. The van der Waals surface area contributed by atoms with Crippen molar-refractivity contribution >= 4 is 34.6 Å². The van der Waals surface area contributed by atoms with Gasteiger partial charge in [-0.15, -0.1) is 22.7 Å². The van der Waals surface area contributed by atoms with Gasteiger partial charge in [0.1, 0.15) is 5.01 Å². The normalized spacial score (nSPS) is 11.8. The van der Waals surface area contributed by atoms with Crippen LogP contribution < -0.4 is 5.32 Å². The standard InChI is InChI=1S/C21H22N2O3S2/c1-3-15-6-8-16(9-7-15)14(2)22-19(24)12-26-20(25)11-17-13-28-21(23-17)18-5-4-10-27-18/h4-10,13-14H,3,11-12H2,1-2H3,(H,22,24). The van der Waals surface area contributed by atoms with E-state index in [1.54, 1.807) is 11.3 Å². The first-order chi connectivity index (χ1) is 13.5. The van der Waals surface area contributed by atoms with E-state index >= 15 is 0 Å². The van der Waals surface area contributed by atoms with E-state index in [0.717, 1.165) is 21.9 Å². The minimum Gasteiger partial charge on any atom is -0.455 e. The third-order valence-corrected chi connectivity index (χ3v) is 6.17. The number of thiophene rings is 1. The molecule has 2 aromatic heterocycles. The fourth-order valence-electron chi connectivity index (χ4n) is 2.66. The highest BCUT2D eigenvalue weighted by atomic mass is 32.1. The predicted molar refractivity (Wildman–Crippen MR) is 112 cm³/mol. The maximum atomic E-state index is 12.1. The van der Waals surface area contributed by atoms with Crippen molar-refractivity contribution in [2.75, 3.05) is 6.61 Å². The van der Waals surface area contributed by atoms with Crippen molar-refractivity contribution in [3.63, 3.8) is 0 Å². The van der Waals surface area contributed by atoms with Crippen LogP contribution >= 0.6 is 22.7 Å². The van der Waals surface area contributed by atoms with Crippen LogP contribution in [0.25, 0.3) is 9.88 Å². The molecule has 0 bridgehead atoms. The summed E-state index contributed by atoms with van der Waals surface area (Å²) in [6, 6.07) is 11.9. The van der Waals surface area contributed by atoms with E-state index < -0.39 is 5.97 Å². The monoisotopic (exact) mass is 414 g/mol. The van der Waals surface area contributed by atoms with Gasteiger partial charge in [-0.05, 0) is 35.9 Å². The summed E-state index contributed by atoms with van der Waals surface area (Å²) in [6.45, 7) is 3.71. The zero-order valence-corrected chi connectivity index (χ0v) is 17.4. The van der Waals surface area contributed by atoms with Gasteiger partial charge in [0.25, 0.3) is 5.91 Å². The van der Waals surface area contributed by atoms with Crippen molar-refractivity contribution in [1.29, 1.82) is 0 Å². The zero-order valence-electron chi connectivity index (χ0n) is 15.8. The first-order valence-electron chi connectivity index (χ1n) is 9.07. The van der Waals surface area contributed by atoms with Crippen LogP contribution in [-0.2, 0) is 27.2 Å². The number of carbonyl (C=O) groups is 2. The molecule has 1 atom stereocenters. The Kier molecular flexibility index (Phi) is 6.95. The van der Waals surface area contributed by atoms with Crippen molar-refractivity contribution in [3.05, 3.63) is 64.0 Å². The molecule has 0 saturated heterocycles. The molecule has 1 unspecified atom stereocenters. The number of amides is 1. The number of esters is 1. The fourth-order valence-corrected chi connectivity index (χ4v) is 4.29. The Balaban J connectivity index is 1.44. The van der Waals surface area contributed by atoms with Crippen molar-refractivity contribution < 1.29 is 14.3 Å². The van der Waals surface area contributed by atoms with Crippen molar-refractivity contribution in [1.82, 2.24) is 10.3 Å². The lowest BCUT2D eigenvalue weighted by atomic mass is 10.1. The Labute approximate surface area is 172 Å². The molecule has 1 amide bonds. The second-order valence-corrected chi connectivity index (χ2v) is 8.15. The number of aromatic nitrogens is 1. The number of thiazole rings is 1. The Bertz CT molecular complexity index is 918. The highest BCUT2D eigenvalue weighted by molar-refractivity contribution is 7.20. The molecule has 5 nitrogen and oxygen atoms in total. The molecule has 1 N–H and O–H groups in total. The van der Waals surface area contributed by atoms with E-state index in [0.29, 0.717) is 5.69 Å². The third kappa shape index (κ3) is 5.50. The van der Waals surface area contributed by atoms with E-state index in [-0.39, 0.29) is 25.0 Å². The molecule has 28 heavy (non-hydrogen) atoms. The van der Waals surface area contributed by atoms with Crippen LogP contribution in [-0.4, -0.2) is 23.5 Å². The number of carbonyl (C=O) groups excluding carboxylic acids is 2. The number of rotatable bonds is 8. The van der Waals surface area contributed by atoms with E-state index in [9.17, 15) is 9.59 Å². The lowest BCUT2D eigenvalue weighted by Gasteiger charge is -2.14. The largest absolute Gasteiger partial charge is 0.455 e. The zero-order chi connectivity index (χ0) is 19.9. The first kappa shape index (κ1) is 20.2. The van der Waals surface area contributed by atoms with Gasteiger partial charge in [-0.1, -0.05) is 37.3 Å². The SMILES string of the molecule is CCc1ccc(C(C)NC(=O)COC(=O)Cc2csc(-c3cccs3)n2)cc1. The van der Waals surface area contributed by atoms with Crippen LogP contribution in [0.5, 0.6) is 0 Å². The van der Waals surface area contributed by atoms with Gasteiger partial charge in [0.2, 0.25) is 0 Å². The second-order valence-electron chi connectivity index (χ2n) is 6.34. The lowest BCUT2D eigenvalue weighted by Crippen LogP contribution is -2.31. The van der Waals surface area contributed by atoms with Gasteiger partial charge < -0.3 is 10.1 Å². The van der Waals surface area contributed by atoms with Gasteiger partial charge in [-0.3, -0.25) is 9.59 Å². The van der Waals surface area contributed by atoms with E-state index in [1.807, 2.05) is 41.9 Å². The molecule has 3 aromatic rings. The molecule has 0 aliphatic carbocycles. The second kappa shape index (κ2) is 9.61. The van der Waals surface area contributed by atoms with Crippen LogP contribution in [0.15, 0.2) is 47.2 Å². The number of benzene rings is 1. The molecular weight excluding hydrogens is 392 g/mol. The maximum absolute atomic E-state index is 12.1. The van der Waals surface area contributed by atoms with E-state index in [2.05, 4.69) is 29.4 Å². The molecule has 0 fully saturated rings. The maximum Gasteiger partial charge on any atom is 0.312 e. The predicted octanol–water partition coefficient (Wildman–Crippen LogP) is 4.40. The molecule has 2 heterocycles. The topological polar surface area (TPSA) is 68.3 Å². The molecule has 0 spiro atoms. The van der Waals surface area contributed by atoms with E-state index in [4.69, 9.17) is 4.74 Å². The summed E-state index contributed by atoms with van der Waals surface area (Å²) in [6.07, 6.45) is 1.04. The summed E-state index contributed by atoms with van der Waals surface area (Å²) >= 11 is 3.10. The summed E-state index contributed by atoms with van der Waals surface area (Å²) in [5.41, 5.74) is 2.92. The molecule has 0 saturated carbocycles. The van der Waals surface area contributed by atoms with Crippen LogP contribution in [0.2, 0.25) is 0 Å². The minimum atomic E-state index is -0.460. The number of nitrogens with one attached hydrogen (secondary N) is 1. The molecule has 3 rings (SSSR count). The number of hydrogen-bond donors (Lipinski definition) is 1. The van der Waals surface area contributed by atoms with Gasteiger partial charge in [0.15, 0.2) is 6.61 Å². The smallest absolute Gasteiger partial charge is 0.312 e. The summed E-state index contributed by atoms with van der Waals surface area (Å²) in [7, 11) is 0. The number of ether oxygens (including phenoxy) is 1. The Morgan fingerprint density at radius 1 is 1.18 bits per heavy atom. The number of nitrogens with zero attached hydrogens (tertiary/aromatic N) is 1. The lowest BCUT2D eigenvalue weighted by molar-refractivity contribution is -0.148. The van der Waals surface area contributed by atoms with Crippen LogP contribution in [0.1, 0.15) is 36.7 Å². The summed E-state index contributed by atoms with van der Waals surface area (Å²) in [4.78, 5) is 29.6. The van der Waals surface area contributed by atoms with Crippen LogP contribution in [0.4, 0.5) is 0 Å². The fraction of sp³-hybridized carbons (Fsp3) is 0.286. The Hall–Kier alpha value is -2.51. The third-order valence-electron chi connectivity index (χ3n) is 4.24. The van der Waals surface area contributed by atoms with Gasteiger partial charge in [-0.25, -0.2) is 4.98 Å². The van der Waals surface area contributed by atoms with Crippen molar-refractivity contribution in [2.24, 2.45) is 0 Å². The number of hydrogen-bond acceptors (Lipinski definition) is 6. The van der Waals surface area contributed by atoms with Crippen molar-refractivity contribution in [3.8, 4) is 9.88 Å². The minimum absolute atomic E-state index is 0.0587. The summed E-state index contributed by atoms with van der Waals surface area (Å²) < 4.78 is 5.10.